The standard InChI is InChI=1S/C12H20N2O3/c1-2-10-11(15)14(12(16)13-10)7-6-9-5-3-4-8-17-9/h9-10H,2-8H2,1H3,(H,13,16). The van der Waals surface area contributed by atoms with Gasteiger partial charge in [0.2, 0.25) is 0 Å². The first-order valence-electron chi connectivity index (χ1n) is 6.46. The van der Waals surface area contributed by atoms with Gasteiger partial charge in [-0.15, -0.1) is 0 Å². The molecule has 0 radical (unpaired) electrons. The van der Waals surface area contributed by atoms with Crippen LogP contribution < -0.4 is 5.32 Å². The highest BCUT2D eigenvalue weighted by Crippen LogP contribution is 2.17. The number of urea groups is 1. The van der Waals surface area contributed by atoms with Gasteiger partial charge in [-0.05, 0) is 32.1 Å². The summed E-state index contributed by atoms with van der Waals surface area (Å²) in [6.45, 7) is 3.19. The fourth-order valence-corrected chi connectivity index (χ4v) is 2.37. The zero-order chi connectivity index (χ0) is 12.3. The van der Waals surface area contributed by atoms with Gasteiger partial charge in [0, 0.05) is 13.2 Å². The second-order valence-corrected chi connectivity index (χ2v) is 4.68. The van der Waals surface area contributed by atoms with Crippen molar-refractivity contribution >= 4 is 11.9 Å². The zero-order valence-electron chi connectivity index (χ0n) is 10.3. The minimum atomic E-state index is -0.324. The Kier molecular flexibility index (Phi) is 3.99. The number of nitrogens with zero attached hydrogens (tertiary/aromatic N) is 1. The van der Waals surface area contributed by atoms with Crippen LogP contribution in [-0.4, -0.2) is 42.1 Å². The molecule has 1 N–H and O–H groups in total. The van der Waals surface area contributed by atoms with Gasteiger partial charge in [-0.2, -0.15) is 0 Å². The number of hydrogen-bond donors (Lipinski definition) is 1. The van der Waals surface area contributed by atoms with Gasteiger partial charge < -0.3 is 10.1 Å². The number of carbonyl (C=O) groups excluding carboxylic acids is 2. The number of hydrogen-bond acceptors (Lipinski definition) is 3. The molecule has 2 unspecified atom stereocenters. The van der Waals surface area contributed by atoms with Crippen molar-refractivity contribution in [3.05, 3.63) is 0 Å². The van der Waals surface area contributed by atoms with Crippen molar-refractivity contribution in [1.29, 1.82) is 0 Å². The average Bonchev–Trinajstić information content (AvgIpc) is 2.63. The Morgan fingerprint density at radius 2 is 2.24 bits per heavy atom. The van der Waals surface area contributed by atoms with Gasteiger partial charge in [0.25, 0.3) is 5.91 Å². The lowest BCUT2D eigenvalue weighted by Gasteiger charge is -2.24. The highest BCUT2D eigenvalue weighted by molar-refractivity contribution is 6.04. The second-order valence-electron chi connectivity index (χ2n) is 4.68. The Balaban J connectivity index is 1.82. The molecule has 2 aliphatic heterocycles. The van der Waals surface area contributed by atoms with E-state index in [0.717, 1.165) is 25.9 Å². The van der Waals surface area contributed by atoms with Crippen LogP contribution >= 0.6 is 0 Å². The van der Waals surface area contributed by atoms with Crippen LogP contribution in [0.5, 0.6) is 0 Å². The lowest BCUT2D eigenvalue weighted by atomic mass is 10.1. The second kappa shape index (κ2) is 5.49. The molecule has 96 valence electrons. The van der Waals surface area contributed by atoms with Crippen LogP contribution in [0.3, 0.4) is 0 Å². The van der Waals surface area contributed by atoms with Crippen LogP contribution in [0.1, 0.15) is 39.0 Å². The van der Waals surface area contributed by atoms with Crippen molar-refractivity contribution in [2.75, 3.05) is 13.2 Å². The van der Waals surface area contributed by atoms with Crippen molar-refractivity contribution in [2.24, 2.45) is 0 Å². The number of rotatable bonds is 4. The highest BCUT2D eigenvalue weighted by Gasteiger charge is 2.36. The van der Waals surface area contributed by atoms with Gasteiger partial charge in [0.05, 0.1) is 6.10 Å². The van der Waals surface area contributed by atoms with Gasteiger partial charge in [0.1, 0.15) is 6.04 Å². The molecule has 2 rings (SSSR count). The van der Waals surface area contributed by atoms with Crippen LogP contribution in [0.15, 0.2) is 0 Å². The summed E-state index contributed by atoms with van der Waals surface area (Å²) >= 11 is 0. The Hall–Kier alpha value is -1.10. The van der Waals surface area contributed by atoms with E-state index in [1.165, 1.54) is 11.3 Å². The average molecular weight is 240 g/mol. The first-order valence-corrected chi connectivity index (χ1v) is 6.46. The van der Waals surface area contributed by atoms with Gasteiger partial charge in [-0.25, -0.2) is 4.79 Å². The molecule has 3 amide bonds. The molecule has 0 aromatic rings. The van der Waals surface area contributed by atoms with E-state index in [1.807, 2.05) is 6.92 Å². The Morgan fingerprint density at radius 1 is 1.41 bits per heavy atom. The SMILES string of the molecule is CCC1NC(=O)N(CCC2CCCCO2)C1=O. The van der Waals surface area contributed by atoms with Crippen LogP contribution in [0.4, 0.5) is 4.79 Å². The molecule has 2 aliphatic rings. The summed E-state index contributed by atoms with van der Waals surface area (Å²) < 4.78 is 5.59. The summed E-state index contributed by atoms with van der Waals surface area (Å²) in [6.07, 6.45) is 4.97. The summed E-state index contributed by atoms with van der Waals surface area (Å²) in [5, 5.41) is 2.69. The number of amides is 3. The molecule has 2 atom stereocenters. The molecule has 2 heterocycles. The third-order valence-corrected chi connectivity index (χ3v) is 3.46. The van der Waals surface area contributed by atoms with Crippen molar-refractivity contribution in [2.45, 2.75) is 51.2 Å². The molecule has 0 aromatic heterocycles. The van der Waals surface area contributed by atoms with E-state index in [4.69, 9.17) is 4.74 Å². The topological polar surface area (TPSA) is 58.6 Å². The summed E-state index contributed by atoms with van der Waals surface area (Å²) in [6, 6.07) is -0.576. The maximum absolute atomic E-state index is 11.8. The quantitative estimate of drug-likeness (QED) is 0.753. The number of carbonyl (C=O) groups is 2. The predicted molar refractivity (Wildman–Crippen MR) is 62.5 cm³/mol. The van der Waals surface area contributed by atoms with Crippen LogP contribution in [0, 0.1) is 0 Å². The molecule has 5 heteroatoms. The summed E-state index contributed by atoms with van der Waals surface area (Å²) in [5.74, 6) is -0.0895. The summed E-state index contributed by atoms with van der Waals surface area (Å²) in [7, 11) is 0. The third-order valence-electron chi connectivity index (χ3n) is 3.46. The predicted octanol–water partition coefficient (Wildman–Crippen LogP) is 1.28. The Bertz CT molecular complexity index is 300. The fraction of sp³-hybridized carbons (Fsp3) is 0.833. The molecule has 0 spiro atoms. The molecule has 2 saturated heterocycles. The maximum Gasteiger partial charge on any atom is 0.324 e. The lowest BCUT2D eigenvalue weighted by Crippen LogP contribution is -2.35. The van der Waals surface area contributed by atoms with Crippen molar-refractivity contribution in [1.82, 2.24) is 10.2 Å². The molecule has 0 bridgehead atoms. The van der Waals surface area contributed by atoms with Crippen molar-refractivity contribution < 1.29 is 14.3 Å². The number of ether oxygens (including phenoxy) is 1. The molecule has 0 aliphatic carbocycles. The number of nitrogens with one attached hydrogen (secondary N) is 1. The van der Waals surface area contributed by atoms with Gasteiger partial charge in [-0.1, -0.05) is 6.92 Å². The molecule has 0 saturated carbocycles. The minimum absolute atomic E-state index is 0.0895. The van der Waals surface area contributed by atoms with Crippen LogP contribution in [0.2, 0.25) is 0 Å². The van der Waals surface area contributed by atoms with Gasteiger partial charge in [0.15, 0.2) is 0 Å². The normalized spacial score (nSPS) is 29.6. The van der Waals surface area contributed by atoms with E-state index in [0.29, 0.717) is 13.0 Å². The maximum atomic E-state index is 11.8. The molecule has 17 heavy (non-hydrogen) atoms. The van der Waals surface area contributed by atoms with E-state index in [9.17, 15) is 9.59 Å². The van der Waals surface area contributed by atoms with Crippen LogP contribution in [0.25, 0.3) is 0 Å². The van der Waals surface area contributed by atoms with E-state index in [1.54, 1.807) is 0 Å². The third kappa shape index (κ3) is 2.77. The molecule has 0 aromatic carbocycles. The Morgan fingerprint density at radius 3 is 2.82 bits per heavy atom. The minimum Gasteiger partial charge on any atom is -0.378 e. The first-order chi connectivity index (χ1) is 8.22. The van der Waals surface area contributed by atoms with Crippen LogP contribution in [-0.2, 0) is 9.53 Å². The van der Waals surface area contributed by atoms with Gasteiger partial charge >= 0.3 is 6.03 Å². The largest absolute Gasteiger partial charge is 0.378 e. The first kappa shape index (κ1) is 12.4. The lowest BCUT2D eigenvalue weighted by molar-refractivity contribution is -0.127. The number of imide groups is 1. The van der Waals surface area contributed by atoms with E-state index in [-0.39, 0.29) is 24.1 Å². The molecule has 5 nitrogen and oxygen atoms in total. The Labute approximate surface area is 101 Å². The van der Waals surface area contributed by atoms with Gasteiger partial charge in [-0.3, -0.25) is 9.69 Å². The van der Waals surface area contributed by atoms with Crippen molar-refractivity contribution in [3.63, 3.8) is 0 Å². The molecule has 2 fully saturated rings. The monoisotopic (exact) mass is 240 g/mol. The van der Waals surface area contributed by atoms with E-state index >= 15 is 0 Å². The van der Waals surface area contributed by atoms with Crippen molar-refractivity contribution in [3.8, 4) is 0 Å². The molecular formula is C12H20N2O3. The highest BCUT2D eigenvalue weighted by atomic mass is 16.5. The zero-order valence-corrected chi connectivity index (χ0v) is 10.3. The van der Waals surface area contributed by atoms with E-state index in [2.05, 4.69) is 5.32 Å². The molecular weight excluding hydrogens is 220 g/mol. The van der Waals surface area contributed by atoms with E-state index < -0.39 is 0 Å². The summed E-state index contributed by atoms with van der Waals surface area (Å²) in [4.78, 5) is 24.7. The fourth-order valence-electron chi connectivity index (χ4n) is 2.37. The summed E-state index contributed by atoms with van der Waals surface area (Å²) in [5.41, 5.74) is 0. The smallest absolute Gasteiger partial charge is 0.324 e.